The van der Waals surface area contributed by atoms with Crippen LogP contribution in [-0.2, 0) is 24.3 Å². The first-order chi connectivity index (χ1) is 22.5. The predicted molar refractivity (Wildman–Crippen MR) is 175 cm³/mol. The van der Waals surface area contributed by atoms with Gasteiger partial charge in [-0.2, -0.15) is 0 Å². The van der Waals surface area contributed by atoms with Crippen molar-refractivity contribution in [2.24, 2.45) is 0 Å². The van der Waals surface area contributed by atoms with E-state index in [4.69, 9.17) is 0 Å². The number of hydrogen-bond acceptors (Lipinski definition) is 10. The van der Waals surface area contributed by atoms with E-state index in [0.717, 1.165) is 34.2 Å². The highest BCUT2D eigenvalue weighted by Gasteiger charge is 2.19. The first-order valence-corrected chi connectivity index (χ1v) is 16.1. The smallest absolute Gasteiger partial charge is 0.269 e. The molecule has 0 saturated carbocycles. The van der Waals surface area contributed by atoms with Crippen LogP contribution in [0.15, 0.2) is 120 Å². The van der Waals surface area contributed by atoms with E-state index in [1.54, 1.807) is 24.3 Å². The molecule has 0 fully saturated rings. The van der Waals surface area contributed by atoms with Crippen LogP contribution in [0.3, 0.4) is 0 Å². The molecule has 46 heavy (non-hydrogen) atoms. The van der Waals surface area contributed by atoms with E-state index in [9.17, 15) is 20.2 Å². The topological polar surface area (TPSA) is 148 Å². The summed E-state index contributed by atoms with van der Waals surface area (Å²) in [6.07, 6.45) is 1.08. The number of nitro groups is 2. The van der Waals surface area contributed by atoms with Crippen LogP contribution in [-0.4, -0.2) is 39.4 Å². The Balaban J connectivity index is 1.23. The van der Waals surface area contributed by atoms with E-state index in [1.165, 1.54) is 47.8 Å². The standard InChI is InChI=1S/C32H26N8O4S2/c41-39(42)27-15-11-23(12-16-27)21-45-31-35-33-29(37(31)25-7-3-1-4-8-25)19-20-30-34-36-32(38(30)26-9-5-2-6-10-26)46-22-24-13-17-28(18-14-24)40(43)44/h1-18H,19-22H2. The minimum Gasteiger partial charge on any atom is -0.274 e. The van der Waals surface area contributed by atoms with E-state index < -0.39 is 9.85 Å². The molecule has 230 valence electrons. The number of para-hydroxylation sites is 2. The number of aromatic nitrogens is 6. The van der Waals surface area contributed by atoms with Crippen LogP contribution in [0.25, 0.3) is 11.4 Å². The van der Waals surface area contributed by atoms with E-state index in [2.05, 4.69) is 20.4 Å². The second kappa shape index (κ2) is 14.2. The molecule has 0 spiro atoms. The molecule has 0 saturated heterocycles. The van der Waals surface area contributed by atoms with E-state index in [-0.39, 0.29) is 11.4 Å². The Kier molecular flexibility index (Phi) is 9.45. The van der Waals surface area contributed by atoms with Gasteiger partial charge in [-0.15, -0.1) is 20.4 Å². The highest BCUT2D eigenvalue weighted by atomic mass is 32.2. The molecule has 0 unspecified atom stereocenters. The van der Waals surface area contributed by atoms with Gasteiger partial charge in [0.05, 0.1) is 9.85 Å². The normalized spacial score (nSPS) is 11.0. The summed E-state index contributed by atoms with van der Waals surface area (Å²) in [5, 5.41) is 41.6. The SMILES string of the molecule is O=[N+]([O-])c1ccc(CSc2nnc(CCc3nnc(SCc4ccc([N+](=O)[O-])cc4)n3-c3ccccc3)n2-c2ccccc2)cc1. The van der Waals surface area contributed by atoms with Crippen molar-refractivity contribution < 1.29 is 9.85 Å². The predicted octanol–water partition coefficient (Wildman–Crippen LogP) is 7.03. The van der Waals surface area contributed by atoms with Crippen molar-refractivity contribution in [2.75, 3.05) is 0 Å². The Labute approximate surface area is 271 Å². The molecule has 2 heterocycles. The van der Waals surface area contributed by atoms with Crippen molar-refractivity contribution in [3.8, 4) is 11.4 Å². The highest BCUT2D eigenvalue weighted by molar-refractivity contribution is 7.98. The summed E-state index contributed by atoms with van der Waals surface area (Å²) in [4.78, 5) is 21.2. The van der Waals surface area contributed by atoms with Gasteiger partial charge < -0.3 is 0 Å². The largest absolute Gasteiger partial charge is 0.274 e. The number of nitro benzene ring substituents is 2. The van der Waals surface area contributed by atoms with E-state index >= 15 is 0 Å². The van der Waals surface area contributed by atoms with Crippen molar-refractivity contribution in [2.45, 2.75) is 34.7 Å². The van der Waals surface area contributed by atoms with Crippen LogP contribution in [0, 0.1) is 20.2 Å². The number of rotatable bonds is 13. The zero-order chi connectivity index (χ0) is 31.9. The lowest BCUT2D eigenvalue weighted by Crippen LogP contribution is -2.08. The van der Waals surface area contributed by atoms with Crippen molar-refractivity contribution in [3.63, 3.8) is 0 Å². The number of nitrogens with zero attached hydrogens (tertiary/aromatic N) is 8. The molecule has 0 amide bonds. The van der Waals surface area contributed by atoms with Crippen LogP contribution in [0.1, 0.15) is 22.8 Å². The lowest BCUT2D eigenvalue weighted by Gasteiger charge is -2.12. The van der Waals surface area contributed by atoms with Crippen molar-refractivity contribution in [3.05, 3.63) is 152 Å². The Morgan fingerprint density at radius 2 is 0.891 bits per heavy atom. The Bertz CT molecular complexity index is 1810. The molecule has 14 heteroatoms. The van der Waals surface area contributed by atoms with Gasteiger partial charge in [0.1, 0.15) is 11.6 Å². The van der Waals surface area contributed by atoms with Crippen molar-refractivity contribution in [1.29, 1.82) is 0 Å². The van der Waals surface area contributed by atoms with Crippen molar-refractivity contribution in [1.82, 2.24) is 29.5 Å². The first kappa shape index (κ1) is 30.7. The van der Waals surface area contributed by atoms with E-state index in [1.807, 2.05) is 69.8 Å². The summed E-state index contributed by atoms with van der Waals surface area (Å²) in [5.74, 6) is 2.67. The molecule has 0 radical (unpaired) electrons. The first-order valence-electron chi connectivity index (χ1n) is 14.2. The van der Waals surface area contributed by atoms with Crippen LogP contribution in [0.2, 0.25) is 0 Å². The number of benzene rings is 4. The summed E-state index contributed by atoms with van der Waals surface area (Å²) in [6.45, 7) is 0. The van der Waals surface area contributed by atoms with Crippen molar-refractivity contribution >= 4 is 34.9 Å². The molecule has 6 rings (SSSR count). The average Bonchev–Trinajstić information content (AvgIpc) is 3.70. The maximum atomic E-state index is 11.0. The molecule has 0 aliphatic heterocycles. The molecular weight excluding hydrogens is 625 g/mol. The van der Waals surface area contributed by atoms with E-state index in [0.29, 0.717) is 34.7 Å². The van der Waals surface area contributed by atoms with Gasteiger partial charge in [-0.3, -0.25) is 29.4 Å². The summed E-state index contributed by atoms with van der Waals surface area (Å²) in [7, 11) is 0. The number of thioether (sulfide) groups is 2. The highest BCUT2D eigenvalue weighted by Crippen LogP contribution is 2.29. The van der Waals surface area contributed by atoms with Gasteiger partial charge in [0.25, 0.3) is 11.4 Å². The molecule has 2 aromatic heterocycles. The van der Waals surface area contributed by atoms with Crippen LogP contribution < -0.4 is 0 Å². The maximum Gasteiger partial charge on any atom is 0.269 e. The quantitative estimate of drug-likeness (QED) is 0.0724. The summed E-state index contributed by atoms with van der Waals surface area (Å²) < 4.78 is 4.06. The van der Waals surface area contributed by atoms with Gasteiger partial charge in [-0.25, -0.2) is 0 Å². The number of aryl methyl sites for hydroxylation is 2. The Morgan fingerprint density at radius 3 is 1.24 bits per heavy atom. The Hall–Kier alpha value is -5.34. The molecule has 0 N–H and O–H groups in total. The van der Waals surface area contributed by atoms with Gasteiger partial charge in [-0.1, -0.05) is 84.2 Å². The van der Waals surface area contributed by atoms with Gasteiger partial charge in [0, 0.05) is 60.0 Å². The number of non-ortho nitro benzene ring substituents is 2. The molecule has 0 bridgehead atoms. The minimum absolute atomic E-state index is 0.0553. The summed E-state index contributed by atoms with van der Waals surface area (Å²) in [5.41, 5.74) is 3.85. The molecule has 0 aliphatic carbocycles. The monoisotopic (exact) mass is 650 g/mol. The second-order valence-corrected chi connectivity index (χ2v) is 11.9. The molecular formula is C32H26N8O4S2. The fraction of sp³-hybridized carbons (Fsp3) is 0.125. The number of hydrogen-bond donors (Lipinski definition) is 0. The molecule has 12 nitrogen and oxygen atoms in total. The zero-order valence-electron chi connectivity index (χ0n) is 24.2. The maximum absolute atomic E-state index is 11.0. The zero-order valence-corrected chi connectivity index (χ0v) is 25.9. The summed E-state index contributed by atoms with van der Waals surface area (Å²) >= 11 is 3.02. The molecule has 0 atom stereocenters. The van der Waals surface area contributed by atoms with Gasteiger partial charge in [0.15, 0.2) is 10.3 Å². The average molecular weight is 651 g/mol. The molecule has 0 aliphatic rings. The fourth-order valence-electron chi connectivity index (χ4n) is 4.73. The Morgan fingerprint density at radius 1 is 0.522 bits per heavy atom. The van der Waals surface area contributed by atoms with Crippen LogP contribution in [0.4, 0.5) is 11.4 Å². The summed E-state index contributed by atoms with van der Waals surface area (Å²) in [6, 6.07) is 32.8. The molecule has 4 aromatic carbocycles. The lowest BCUT2D eigenvalue weighted by atomic mass is 10.2. The van der Waals surface area contributed by atoms with Gasteiger partial charge >= 0.3 is 0 Å². The molecule has 6 aromatic rings. The lowest BCUT2D eigenvalue weighted by molar-refractivity contribution is -0.385. The fourth-order valence-corrected chi connectivity index (χ4v) is 6.58. The van der Waals surface area contributed by atoms with Gasteiger partial charge in [-0.05, 0) is 35.4 Å². The minimum atomic E-state index is -0.408. The van der Waals surface area contributed by atoms with Crippen LogP contribution in [0.5, 0.6) is 0 Å². The third-order valence-corrected chi connectivity index (χ3v) is 9.03. The third-order valence-electron chi connectivity index (χ3n) is 7.03. The second-order valence-electron chi connectivity index (χ2n) is 10.1. The third kappa shape index (κ3) is 7.14. The van der Waals surface area contributed by atoms with Gasteiger partial charge in [0.2, 0.25) is 0 Å². The van der Waals surface area contributed by atoms with Crippen LogP contribution >= 0.6 is 23.5 Å².